The molecule has 0 bridgehead atoms. The zero-order valence-corrected chi connectivity index (χ0v) is 8.07. The molecule has 60 valence electrons. The summed E-state index contributed by atoms with van der Waals surface area (Å²) < 4.78 is 34.0. The standard InChI is InChI=1S/C4H9FO3S.Mg.2H/c1-2-3-4-9(6,7)8-5;;;/h2-4H2,1H3;;;/q;+2;2*-1. The molecule has 3 nitrogen and oxygen atoms in total. The minimum atomic E-state index is -3.85. The zero-order chi connectivity index (χ0) is 7.33. The summed E-state index contributed by atoms with van der Waals surface area (Å²) in [5.74, 6) is -0.236. The first kappa shape index (κ1) is 13.2. The quantitative estimate of drug-likeness (QED) is 0.606. The molecule has 0 fully saturated rings. The van der Waals surface area contributed by atoms with E-state index in [1.54, 1.807) is 0 Å². The topological polar surface area (TPSA) is 43.4 Å². The molecule has 0 amide bonds. The van der Waals surface area contributed by atoms with Gasteiger partial charge < -0.3 is 2.85 Å². The average Bonchev–Trinajstić information content (AvgIpc) is 1.84. The maximum atomic E-state index is 11.0. The Morgan fingerprint density at radius 2 is 2.10 bits per heavy atom. The Kier molecular flexibility index (Phi) is 8.36. The van der Waals surface area contributed by atoms with Crippen molar-refractivity contribution in [1.82, 2.24) is 0 Å². The minimum absolute atomic E-state index is 0. The van der Waals surface area contributed by atoms with E-state index < -0.39 is 10.1 Å². The number of rotatable bonds is 4. The molecule has 0 N–H and O–H groups in total. The van der Waals surface area contributed by atoms with Gasteiger partial charge in [-0.15, -0.1) is 0 Å². The average molecular weight is 182 g/mol. The van der Waals surface area contributed by atoms with Gasteiger partial charge in [0.2, 0.25) is 0 Å². The van der Waals surface area contributed by atoms with Crippen molar-refractivity contribution in [1.29, 1.82) is 0 Å². The van der Waals surface area contributed by atoms with Gasteiger partial charge in [0.15, 0.2) is 0 Å². The molecule has 0 unspecified atom stereocenters. The van der Waals surface area contributed by atoms with Gasteiger partial charge in [-0.2, -0.15) is 8.42 Å². The second-order valence-electron chi connectivity index (χ2n) is 1.68. The van der Waals surface area contributed by atoms with Crippen molar-refractivity contribution in [3.8, 4) is 0 Å². The van der Waals surface area contributed by atoms with Crippen LogP contribution in [0.1, 0.15) is 22.6 Å². The Morgan fingerprint density at radius 3 is 2.40 bits per heavy atom. The van der Waals surface area contributed by atoms with Crippen LogP contribution in [0.25, 0.3) is 0 Å². The van der Waals surface area contributed by atoms with Crippen molar-refractivity contribution in [3.05, 3.63) is 0 Å². The molecule has 6 heteroatoms. The van der Waals surface area contributed by atoms with Crippen LogP contribution in [-0.4, -0.2) is 37.2 Å². The molecule has 0 atom stereocenters. The number of halogens is 1. The molecule has 0 aliphatic rings. The van der Waals surface area contributed by atoms with Gasteiger partial charge in [0, 0.05) is 0 Å². The Labute approximate surface area is 79.1 Å². The predicted molar refractivity (Wildman–Crippen MR) is 38.9 cm³/mol. The van der Waals surface area contributed by atoms with Gasteiger partial charge >= 0.3 is 23.1 Å². The molecule has 0 aromatic heterocycles. The van der Waals surface area contributed by atoms with Crippen LogP contribution in [0.5, 0.6) is 0 Å². The van der Waals surface area contributed by atoms with Crippen molar-refractivity contribution in [2.45, 2.75) is 19.8 Å². The van der Waals surface area contributed by atoms with Crippen molar-refractivity contribution < 1.29 is 20.2 Å². The van der Waals surface area contributed by atoms with E-state index in [2.05, 4.69) is 4.39 Å². The molecule has 0 aromatic rings. The summed E-state index contributed by atoms with van der Waals surface area (Å²) in [7, 11) is -3.85. The third-order valence-corrected chi connectivity index (χ3v) is 1.82. The van der Waals surface area contributed by atoms with Gasteiger partial charge in [0.1, 0.15) is 0 Å². The van der Waals surface area contributed by atoms with Gasteiger partial charge in [-0.05, 0) is 10.9 Å². The normalized spacial score (nSPS) is 10.6. The Hall–Kier alpha value is 0.606. The van der Waals surface area contributed by atoms with Crippen LogP contribution in [0.4, 0.5) is 4.53 Å². The summed E-state index contributed by atoms with van der Waals surface area (Å²) in [4.78, 5) is 0. The maximum absolute atomic E-state index is 11.0. The minimum Gasteiger partial charge on any atom is -1.00 e. The largest absolute Gasteiger partial charge is 2.00 e. The first-order valence-corrected chi connectivity index (χ1v) is 4.23. The third-order valence-electron chi connectivity index (χ3n) is 0.844. The molecule has 0 rings (SSSR count). The van der Waals surface area contributed by atoms with E-state index >= 15 is 0 Å². The molecular weight excluding hydrogens is 171 g/mol. The summed E-state index contributed by atoms with van der Waals surface area (Å²) in [6.45, 7) is 1.81. The van der Waals surface area contributed by atoms with Crippen LogP contribution in [0.2, 0.25) is 0 Å². The Balaban J connectivity index is -0.000000107. The zero-order valence-electron chi connectivity index (χ0n) is 7.84. The molecule has 0 saturated carbocycles. The smallest absolute Gasteiger partial charge is 1.00 e. The van der Waals surface area contributed by atoms with E-state index in [9.17, 15) is 12.9 Å². The van der Waals surface area contributed by atoms with Crippen LogP contribution in [0, 0.1) is 0 Å². The molecule has 0 saturated heterocycles. The maximum Gasteiger partial charge on any atom is 2.00 e. The Bertz CT molecular complexity index is 164. The molecule has 0 heterocycles. The molecular formula is C4H11FMgO3S. The molecule has 0 aromatic carbocycles. The number of unbranched alkanes of at least 4 members (excludes halogenated alkanes) is 1. The van der Waals surface area contributed by atoms with Crippen LogP contribution >= 0.6 is 0 Å². The van der Waals surface area contributed by atoms with Gasteiger partial charge in [0.25, 0.3) is 10.1 Å². The van der Waals surface area contributed by atoms with Crippen LogP contribution in [0.15, 0.2) is 0 Å². The van der Waals surface area contributed by atoms with E-state index in [1.165, 1.54) is 0 Å². The van der Waals surface area contributed by atoms with Crippen molar-refractivity contribution >= 4 is 33.2 Å². The van der Waals surface area contributed by atoms with E-state index in [0.29, 0.717) is 12.8 Å². The SMILES string of the molecule is CCCCS(=O)(=O)OF.[H-].[H-].[Mg+2]. The van der Waals surface area contributed by atoms with Gasteiger partial charge in [-0.25, -0.2) is 0 Å². The van der Waals surface area contributed by atoms with Crippen LogP contribution < -0.4 is 0 Å². The molecule has 10 heavy (non-hydrogen) atoms. The number of hydrogen-bond acceptors (Lipinski definition) is 3. The summed E-state index contributed by atoms with van der Waals surface area (Å²) in [5, 5.41) is 0. The summed E-state index contributed by atoms with van der Waals surface area (Å²) in [6.07, 6.45) is 1.15. The second kappa shape index (κ2) is 6.32. The van der Waals surface area contributed by atoms with E-state index in [0.717, 1.165) is 0 Å². The van der Waals surface area contributed by atoms with Crippen molar-refractivity contribution in [2.75, 3.05) is 5.75 Å². The van der Waals surface area contributed by atoms with E-state index in [4.69, 9.17) is 0 Å². The summed E-state index contributed by atoms with van der Waals surface area (Å²) in [6, 6.07) is 0. The van der Waals surface area contributed by atoms with Gasteiger partial charge in [-0.1, -0.05) is 17.7 Å². The fourth-order valence-corrected chi connectivity index (χ4v) is 1.06. The fraction of sp³-hybridized carbons (Fsp3) is 1.00. The van der Waals surface area contributed by atoms with E-state index in [-0.39, 0.29) is 31.7 Å². The fourth-order valence-electron chi connectivity index (χ4n) is 0.353. The van der Waals surface area contributed by atoms with Gasteiger partial charge in [-0.3, -0.25) is 0 Å². The van der Waals surface area contributed by atoms with Gasteiger partial charge in [0.05, 0.1) is 5.75 Å². The third kappa shape index (κ3) is 6.72. The first-order valence-electron chi connectivity index (χ1n) is 2.65. The predicted octanol–water partition coefficient (Wildman–Crippen LogP) is 0.862. The summed E-state index contributed by atoms with van der Waals surface area (Å²) in [5.41, 5.74) is 0. The second-order valence-corrected chi connectivity index (χ2v) is 3.33. The van der Waals surface area contributed by atoms with Crippen LogP contribution in [0.3, 0.4) is 0 Å². The Morgan fingerprint density at radius 1 is 1.60 bits per heavy atom. The monoisotopic (exact) mass is 182 g/mol. The van der Waals surface area contributed by atoms with Crippen LogP contribution in [-0.2, 0) is 14.5 Å². The molecule has 0 aliphatic heterocycles. The molecule has 0 spiro atoms. The number of hydrogen-bond donors (Lipinski definition) is 0. The van der Waals surface area contributed by atoms with E-state index in [1.807, 2.05) is 6.92 Å². The summed E-state index contributed by atoms with van der Waals surface area (Å²) >= 11 is 0. The molecule has 0 aliphatic carbocycles. The molecule has 0 radical (unpaired) electrons. The van der Waals surface area contributed by atoms with Crippen molar-refractivity contribution in [2.24, 2.45) is 0 Å². The first-order chi connectivity index (χ1) is 4.12. The van der Waals surface area contributed by atoms with Crippen molar-refractivity contribution in [3.63, 3.8) is 0 Å².